The van der Waals surface area contributed by atoms with Crippen LogP contribution in [-0.2, 0) is 20.7 Å². The third-order valence-electron chi connectivity index (χ3n) is 6.19. The van der Waals surface area contributed by atoms with Gasteiger partial charge in [-0.3, -0.25) is 14.4 Å². The van der Waals surface area contributed by atoms with Gasteiger partial charge in [0, 0.05) is 37.2 Å². The lowest BCUT2D eigenvalue weighted by molar-refractivity contribution is -0.143. The molecule has 3 rings (SSSR count). The Morgan fingerprint density at radius 2 is 1.75 bits per heavy atom. The fourth-order valence-corrected chi connectivity index (χ4v) is 4.28. The van der Waals surface area contributed by atoms with Crippen molar-refractivity contribution in [3.05, 3.63) is 65.7 Å². The Morgan fingerprint density at radius 1 is 1.00 bits per heavy atom. The zero-order chi connectivity index (χ0) is 25.8. The summed E-state index contributed by atoms with van der Waals surface area (Å²) in [5, 5.41) is 5.74. The SMILES string of the molecule is CC1CCN(C(=O)c2cccc(NC(=S)NC(=O)CCCC(=O)OCCCc3ccccc3)c2)CC1. The van der Waals surface area contributed by atoms with E-state index < -0.39 is 0 Å². The number of nitrogens with zero attached hydrogens (tertiary/aromatic N) is 1. The van der Waals surface area contributed by atoms with Crippen LogP contribution in [0.25, 0.3) is 0 Å². The number of esters is 1. The first-order valence-corrected chi connectivity index (χ1v) is 13.0. The fraction of sp³-hybridized carbons (Fsp3) is 0.429. The predicted octanol–water partition coefficient (Wildman–Crippen LogP) is 4.72. The second-order valence-electron chi connectivity index (χ2n) is 9.22. The van der Waals surface area contributed by atoms with Gasteiger partial charge in [0.05, 0.1) is 6.61 Å². The summed E-state index contributed by atoms with van der Waals surface area (Å²) in [6, 6.07) is 17.2. The largest absolute Gasteiger partial charge is 0.466 e. The van der Waals surface area contributed by atoms with Crippen molar-refractivity contribution in [3.63, 3.8) is 0 Å². The lowest BCUT2D eigenvalue weighted by Gasteiger charge is -2.30. The van der Waals surface area contributed by atoms with E-state index in [1.165, 1.54) is 5.56 Å². The molecule has 2 aromatic carbocycles. The van der Waals surface area contributed by atoms with Crippen LogP contribution in [0.15, 0.2) is 54.6 Å². The maximum atomic E-state index is 12.8. The summed E-state index contributed by atoms with van der Waals surface area (Å²) >= 11 is 5.24. The van der Waals surface area contributed by atoms with Gasteiger partial charge in [-0.1, -0.05) is 43.3 Å². The van der Waals surface area contributed by atoms with E-state index in [9.17, 15) is 14.4 Å². The van der Waals surface area contributed by atoms with Crippen LogP contribution in [0.3, 0.4) is 0 Å². The summed E-state index contributed by atoms with van der Waals surface area (Å²) in [4.78, 5) is 38.8. The molecule has 0 saturated carbocycles. The van der Waals surface area contributed by atoms with E-state index in [2.05, 4.69) is 17.6 Å². The number of ether oxygens (including phenoxy) is 1. The van der Waals surface area contributed by atoms with Gasteiger partial charge in [-0.2, -0.15) is 0 Å². The average molecular weight is 510 g/mol. The lowest BCUT2D eigenvalue weighted by atomic mass is 9.98. The van der Waals surface area contributed by atoms with Crippen LogP contribution in [0.2, 0.25) is 0 Å². The van der Waals surface area contributed by atoms with Gasteiger partial charge in [0.1, 0.15) is 0 Å². The number of piperidine rings is 1. The fourth-order valence-electron chi connectivity index (χ4n) is 4.05. The highest BCUT2D eigenvalue weighted by Gasteiger charge is 2.21. The monoisotopic (exact) mass is 509 g/mol. The Kier molecular flexibility index (Phi) is 10.9. The minimum Gasteiger partial charge on any atom is -0.466 e. The van der Waals surface area contributed by atoms with Gasteiger partial charge in [0.15, 0.2) is 5.11 Å². The summed E-state index contributed by atoms with van der Waals surface area (Å²) in [5.41, 5.74) is 2.44. The highest BCUT2D eigenvalue weighted by atomic mass is 32.1. The molecular formula is C28H35N3O4S. The van der Waals surface area contributed by atoms with Gasteiger partial charge < -0.3 is 20.3 Å². The Hall–Kier alpha value is -3.26. The Morgan fingerprint density at radius 3 is 2.50 bits per heavy atom. The molecule has 0 unspecified atom stereocenters. The van der Waals surface area contributed by atoms with Gasteiger partial charge in [0.2, 0.25) is 5.91 Å². The second kappa shape index (κ2) is 14.3. The van der Waals surface area contributed by atoms with E-state index in [4.69, 9.17) is 17.0 Å². The maximum Gasteiger partial charge on any atom is 0.305 e. The van der Waals surface area contributed by atoms with E-state index in [-0.39, 0.29) is 35.7 Å². The Labute approximate surface area is 218 Å². The number of nitrogens with one attached hydrogen (secondary N) is 2. The number of aryl methyl sites for hydroxylation is 1. The third-order valence-corrected chi connectivity index (χ3v) is 6.40. The molecule has 2 N–H and O–H groups in total. The number of anilines is 1. The van der Waals surface area contributed by atoms with Crippen LogP contribution in [0, 0.1) is 5.92 Å². The van der Waals surface area contributed by atoms with Crippen LogP contribution in [0.5, 0.6) is 0 Å². The zero-order valence-corrected chi connectivity index (χ0v) is 21.6. The van der Waals surface area contributed by atoms with E-state index in [0.29, 0.717) is 30.2 Å². The van der Waals surface area contributed by atoms with Crippen molar-refractivity contribution in [2.24, 2.45) is 5.92 Å². The van der Waals surface area contributed by atoms with Crippen molar-refractivity contribution in [2.75, 3.05) is 25.0 Å². The predicted molar refractivity (Wildman–Crippen MR) is 145 cm³/mol. The van der Waals surface area contributed by atoms with E-state index in [0.717, 1.165) is 38.8 Å². The highest BCUT2D eigenvalue weighted by Crippen LogP contribution is 2.19. The van der Waals surface area contributed by atoms with Crippen molar-refractivity contribution in [1.29, 1.82) is 0 Å². The molecule has 0 radical (unpaired) electrons. The Balaban J connectivity index is 1.32. The first-order chi connectivity index (χ1) is 17.4. The molecule has 1 aliphatic heterocycles. The molecule has 0 aromatic heterocycles. The quantitative estimate of drug-likeness (QED) is 0.274. The number of likely N-dealkylation sites (tertiary alicyclic amines) is 1. The molecule has 0 bridgehead atoms. The summed E-state index contributed by atoms with van der Waals surface area (Å²) in [7, 11) is 0. The van der Waals surface area contributed by atoms with E-state index in [1.807, 2.05) is 35.2 Å². The number of carbonyl (C=O) groups excluding carboxylic acids is 3. The van der Waals surface area contributed by atoms with Crippen LogP contribution in [-0.4, -0.2) is 47.5 Å². The summed E-state index contributed by atoms with van der Waals surface area (Å²) in [6.07, 6.45) is 4.38. The number of rotatable bonds is 10. The molecule has 7 nitrogen and oxygen atoms in total. The normalized spacial score (nSPS) is 13.6. The van der Waals surface area contributed by atoms with Crippen LogP contribution >= 0.6 is 12.2 Å². The second-order valence-corrected chi connectivity index (χ2v) is 9.63. The highest BCUT2D eigenvalue weighted by molar-refractivity contribution is 7.80. The summed E-state index contributed by atoms with van der Waals surface area (Å²) in [5.74, 6) is 0.0753. The minimum atomic E-state index is -0.304. The minimum absolute atomic E-state index is 0.00690. The van der Waals surface area contributed by atoms with Gasteiger partial charge in [-0.15, -0.1) is 0 Å². The molecule has 1 fully saturated rings. The first kappa shape index (κ1) is 27.3. The molecule has 0 atom stereocenters. The van der Waals surface area contributed by atoms with Crippen molar-refractivity contribution < 1.29 is 19.1 Å². The van der Waals surface area contributed by atoms with Crippen molar-refractivity contribution in [1.82, 2.24) is 10.2 Å². The van der Waals surface area contributed by atoms with Crippen LogP contribution in [0.4, 0.5) is 5.69 Å². The number of thiocarbonyl (C=S) groups is 1. The average Bonchev–Trinajstić information content (AvgIpc) is 2.87. The number of amides is 2. The number of hydrogen-bond acceptors (Lipinski definition) is 5. The Bertz CT molecular complexity index is 1040. The molecule has 1 heterocycles. The van der Waals surface area contributed by atoms with Gasteiger partial charge in [0.25, 0.3) is 5.91 Å². The van der Waals surface area contributed by atoms with Crippen LogP contribution in [0.1, 0.15) is 61.4 Å². The molecule has 0 spiro atoms. The van der Waals surface area contributed by atoms with Gasteiger partial charge in [-0.05, 0) is 74.0 Å². The molecule has 1 saturated heterocycles. The molecule has 192 valence electrons. The van der Waals surface area contributed by atoms with Crippen molar-refractivity contribution in [2.45, 2.75) is 51.9 Å². The van der Waals surface area contributed by atoms with Crippen molar-refractivity contribution in [3.8, 4) is 0 Å². The summed E-state index contributed by atoms with van der Waals surface area (Å²) in [6.45, 7) is 4.12. The summed E-state index contributed by atoms with van der Waals surface area (Å²) < 4.78 is 5.25. The van der Waals surface area contributed by atoms with E-state index in [1.54, 1.807) is 24.3 Å². The van der Waals surface area contributed by atoms with Crippen LogP contribution < -0.4 is 10.6 Å². The zero-order valence-electron chi connectivity index (χ0n) is 20.8. The smallest absolute Gasteiger partial charge is 0.305 e. The molecule has 2 aromatic rings. The molecule has 0 aliphatic carbocycles. The third kappa shape index (κ3) is 9.41. The topological polar surface area (TPSA) is 87.7 Å². The standard InChI is InChI=1S/C28H35N3O4S/c1-21-15-17-31(18-16-21)27(34)23-11-5-12-24(20-23)29-28(36)30-25(32)13-6-14-26(33)35-19-7-10-22-8-3-2-4-9-22/h2-5,8-9,11-12,20-21H,6-7,10,13-19H2,1H3,(H2,29,30,32,36). The molecule has 36 heavy (non-hydrogen) atoms. The van der Waals surface area contributed by atoms with Crippen molar-refractivity contribution >= 4 is 40.8 Å². The number of benzene rings is 2. The number of hydrogen-bond donors (Lipinski definition) is 2. The van der Waals surface area contributed by atoms with Gasteiger partial charge >= 0.3 is 5.97 Å². The molecule has 2 amide bonds. The maximum absolute atomic E-state index is 12.8. The molecule has 8 heteroatoms. The van der Waals surface area contributed by atoms with Gasteiger partial charge in [-0.25, -0.2) is 0 Å². The molecule has 1 aliphatic rings. The van der Waals surface area contributed by atoms with E-state index >= 15 is 0 Å². The number of carbonyl (C=O) groups is 3. The molecular weight excluding hydrogens is 474 g/mol. The lowest BCUT2D eigenvalue weighted by Crippen LogP contribution is -2.38. The first-order valence-electron chi connectivity index (χ1n) is 12.6.